The molecule has 0 fully saturated rings. The number of methoxy groups -OCH3 is 2. The molecule has 0 saturated heterocycles. The number of aromatic nitrogens is 2. The molecule has 10 nitrogen and oxygen atoms in total. The minimum atomic E-state index is -1.28. The highest BCUT2D eigenvalue weighted by Crippen LogP contribution is 2.31. The van der Waals surface area contributed by atoms with Gasteiger partial charge in [-0.15, -0.1) is 0 Å². The number of nitrogens with zero attached hydrogens (tertiary/aromatic N) is 3. The number of hydrogen-bond donors (Lipinski definition) is 1. The molecule has 1 aliphatic rings. The number of hydrogen-bond acceptors (Lipinski definition) is 7. The second-order valence-electron chi connectivity index (χ2n) is 8.80. The minimum Gasteiger partial charge on any atom is -0.496 e. The van der Waals surface area contributed by atoms with Crippen LogP contribution in [-0.2, 0) is 29.2 Å². The molecule has 0 saturated carbocycles. The van der Waals surface area contributed by atoms with Gasteiger partial charge in [0.25, 0.3) is 5.91 Å². The fraction of sp³-hybridized carbons (Fsp3) is 0.333. The molecule has 0 spiro atoms. The first kappa shape index (κ1) is 25.7. The molecule has 2 aromatic carbocycles. The summed E-state index contributed by atoms with van der Waals surface area (Å²) in [5.74, 6) is -0.199. The lowest BCUT2D eigenvalue weighted by Crippen LogP contribution is -2.63. The highest BCUT2D eigenvalue weighted by Gasteiger charge is 2.49. The first-order chi connectivity index (χ1) is 17.8. The number of imidazole rings is 1. The van der Waals surface area contributed by atoms with Crippen LogP contribution in [0, 0.1) is 0 Å². The Labute approximate surface area is 215 Å². The van der Waals surface area contributed by atoms with Gasteiger partial charge in [-0.3, -0.25) is 9.59 Å². The van der Waals surface area contributed by atoms with Crippen LogP contribution in [0.15, 0.2) is 54.9 Å². The molecule has 1 aromatic heterocycles. The quantitative estimate of drug-likeness (QED) is 0.444. The van der Waals surface area contributed by atoms with Gasteiger partial charge in [0, 0.05) is 18.7 Å². The van der Waals surface area contributed by atoms with Crippen molar-refractivity contribution in [2.45, 2.75) is 39.0 Å². The predicted octanol–water partition coefficient (Wildman–Crippen LogP) is 2.81. The van der Waals surface area contributed by atoms with Crippen LogP contribution >= 0.6 is 0 Å². The van der Waals surface area contributed by atoms with Crippen LogP contribution in [0.4, 0.5) is 0 Å². The van der Waals surface area contributed by atoms with Gasteiger partial charge >= 0.3 is 5.97 Å². The van der Waals surface area contributed by atoms with Crippen LogP contribution in [0.1, 0.15) is 46.0 Å². The first-order valence-corrected chi connectivity index (χ1v) is 11.9. The fourth-order valence-electron chi connectivity index (χ4n) is 4.44. The van der Waals surface area contributed by atoms with E-state index in [1.54, 1.807) is 14.0 Å². The number of ether oxygens (including phenoxy) is 3. The fourth-order valence-corrected chi connectivity index (χ4v) is 4.44. The zero-order valence-electron chi connectivity index (χ0n) is 21.3. The van der Waals surface area contributed by atoms with E-state index in [0.717, 1.165) is 11.1 Å². The maximum absolute atomic E-state index is 13.8. The number of fused-ring (bicyclic) bond motifs is 1. The Morgan fingerprint density at radius 3 is 2.51 bits per heavy atom. The van der Waals surface area contributed by atoms with Crippen molar-refractivity contribution < 1.29 is 28.6 Å². The molecule has 0 aliphatic carbocycles. The third-order valence-corrected chi connectivity index (χ3v) is 6.43. The van der Waals surface area contributed by atoms with E-state index >= 15 is 0 Å². The molecule has 10 heteroatoms. The lowest BCUT2D eigenvalue weighted by molar-refractivity contribution is -0.133. The van der Waals surface area contributed by atoms with E-state index in [9.17, 15) is 14.4 Å². The second kappa shape index (κ2) is 10.7. The monoisotopic (exact) mass is 506 g/mol. The van der Waals surface area contributed by atoms with Crippen molar-refractivity contribution in [2.24, 2.45) is 0 Å². The number of rotatable bonds is 9. The normalized spacial score (nSPS) is 16.6. The molecule has 2 amide bonds. The highest BCUT2D eigenvalue weighted by molar-refractivity contribution is 6.06. The van der Waals surface area contributed by atoms with Crippen molar-refractivity contribution in [2.75, 3.05) is 20.8 Å². The summed E-state index contributed by atoms with van der Waals surface area (Å²) in [4.78, 5) is 45.4. The molecule has 1 atom stereocenters. The largest absolute Gasteiger partial charge is 0.496 e. The van der Waals surface area contributed by atoms with Crippen LogP contribution in [0.3, 0.4) is 0 Å². The van der Waals surface area contributed by atoms with Crippen LogP contribution in [-0.4, -0.2) is 58.6 Å². The molecule has 3 aromatic rings. The van der Waals surface area contributed by atoms with Crippen molar-refractivity contribution in [3.63, 3.8) is 0 Å². The highest BCUT2D eigenvalue weighted by atomic mass is 16.5. The molecule has 0 radical (unpaired) electrons. The summed E-state index contributed by atoms with van der Waals surface area (Å²) >= 11 is 0. The van der Waals surface area contributed by atoms with Crippen LogP contribution in [0.25, 0.3) is 0 Å². The molecule has 4 rings (SSSR count). The second-order valence-corrected chi connectivity index (χ2v) is 8.80. The number of carbonyl (C=O) groups excluding carboxylic acids is 3. The molecule has 37 heavy (non-hydrogen) atoms. The Balaban J connectivity index is 1.67. The number of benzene rings is 2. The summed E-state index contributed by atoms with van der Waals surface area (Å²) in [6, 6.07) is 14.7. The summed E-state index contributed by atoms with van der Waals surface area (Å²) in [7, 11) is 2.80. The SMILES string of the molecule is CCOc1ccc(CN2C(=O)c3c(C(=O)OC)ncn3C[C@]2(C)C(=O)NCc2ccccc2OC)cc1. The average molecular weight is 507 g/mol. The van der Waals surface area contributed by atoms with E-state index in [2.05, 4.69) is 10.3 Å². The van der Waals surface area contributed by atoms with Crippen LogP contribution in [0.5, 0.6) is 11.5 Å². The summed E-state index contributed by atoms with van der Waals surface area (Å²) in [5.41, 5.74) is 0.332. The van der Waals surface area contributed by atoms with E-state index in [-0.39, 0.29) is 36.9 Å². The van der Waals surface area contributed by atoms with Crippen molar-refractivity contribution in [1.29, 1.82) is 0 Å². The maximum Gasteiger partial charge on any atom is 0.359 e. The molecule has 0 bridgehead atoms. The molecule has 2 heterocycles. The zero-order valence-corrected chi connectivity index (χ0v) is 21.3. The van der Waals surface area contributed by atoms with E-state index < -0.39 is 17.4 Å². The molecule has 0 unspecified atom stereocenters. The van der Waals surface area contributed by atoms with Crippen molar-refractivity contribution in [1.82, 2.24) is 19.8 Å². The first-order valence-electron chi connectivity index (χ1n) is 11.9. The Morgan fingerprint density at radius 2 is 1.84 bits per heavy atom. The Hall–Kier alpha value is -4.34. The predicted molar refractivity (Wildman–Crippen MR) is 134 cm³/mol. The van der Waals surface area contributed by atoms with Crippen molar-refractivity contribution in [3.05, 3.63) is 77.4 Å². The lowest BCUT2D eigenvalue weighted by Gasteiger charge is -2.43. The lowest BCUT2D eigenvalue weighted by atomic mass is 9.93. The third-order valence-electron chi connectivity index (χ3n) is 6.43. The van der Waals surface area contributed by atoms with Crippen LogP contribution in [0.2, 0.25) is 0 Å². The molecular weight excluding hydrogens is 476 g/mol. The third kappa shape index (κ3) is 5.00. The van der Waals surface area contributed by atoms with Crippen molar-refractivity contribution in [3.8, 4) is 11.5 Å². The van der Waals surface area contributed by atoms with Gasteiger partial charge in [-0.1, -0.05) is 30.3 Å². The van der Waals surface area contributed by atoms with Gasteiger partial charge in [-0.05, 0) is 37.6 Å². The zero-order chi connectivity index (χ0) is 26.6. The topological polar surface area (TPSA) is 112 Å². The maximum atomic E-state index is 13.8. The Kier molecular flexibility index (Phi) is 7.47. The number of esters is 1. The number of amides is 2. The van der Waals surface area contributed by atoms with Gasteiger partial charge in [0.05, 0.1) is 33.7 Å². The molecule has 1 aliphatic heterocycles. The molecule has 194 valence electrons. The minimum absolute atomic E-state index is 0.0827. The Morgan fingerprint density at radius 1 is 1.11 bits per heavy atom. The van der Waals surface area contributed by atoms with Gasteiger partial charge in [0.1, 0.15) is 22.7 Å². The van der Waals surface area contributed by atoms with E-state index in [4.69, 9.17) is 14.2 Å². The van der Waals surface area contributed by atoms with Gasteiger partial charge in [0.2, 0.25) is 5.91 Å². The van der Waals surface area contributed by atoms with Gasteiger partial charge < -0.3 is 29.0 Å². The molecule has 1 N–H and O–H groups in total. The Bertz CT molecular complexity index is 1300. The number of carbonyl (C=O) groups is 3. The smallest absolute Gasteiger partial charge is 0.359 e. The summed E-state index contributed by atoms with van der Waals surface area (Å²) in [6.07, 6.45) is 1.39. The van der Waals surface area contributed by atoms with E-state index in [1.165, 1.54) is 22.9 Å². The summed E-state index contributed by atoms with van der Waals surface area (Å²) in [6.45, 7) is 4.60. The summed E-state index contributed by atoms with van der Waals surface area (Å²) < 4.78 is 17.3. The van der Waals surface area contributed by atoms with Gasteiger partial charge in [-0.25, -0.2) is 9.78 Å². The van der Waals surface area contributed by atoms with Crippen LogP contribution < -0.4 is 14.8 Å². The number of nitrogens with one attached hydrogen (secondary N) is 1. The summed E-state index contributed by atoms with van der Waals surface area (Å²) in [5, 5.41) is 2.96. The van der Waals surface area contributed by atoms with Crippen molar-refractivity contribution >= 4 is 17.8 Å². The molecular formula is C27H30N4O6. The van der Waals surface area contributed by atoms with Gasteiger partial charge in [0.15, 0.2) is 5.69 Å². The standard InChI is InChI=1S/C27H30N4O6/c1-5-37-20-12-10-18(11-13-20)15-31-24(32)23-22(25(33)36-4)29-17-30(23)16-27(31,2)26(34)28-14-19-8-6-7-9-21(19)35-3/h6-13,17H,5,14-16H2,1-4H3,(H,28,34)/t27-/m1/s1. The number of para-hydroxylation sites is 1. The average Bonchev–Trinajstić information content (AvgIpc) is 3.34. The van der Waals surface area contributed by atoms with E-state index in [1.807, 2.05) is 55.5 Å². The van der Waals surface area contributed by atoms with Gasteiger partial charge in [-0.2, -0.15) is 0 Å². The van der Waals surface area contributed by atoms with E-state index in [0.29, 0.717) is 18.1 Å².